The van der Waals surface area contributed by atoms with Gasteiger partial charge in [-0.05, 0) is 31.6 Å². The van der Waals surface area contributed by atoms with E-state index in [9.17, 15) is 14.7 Å². The summed E-state index contributed by atoms with van der Waals surface area (Å²) < 4.78 is 4.62. The summed E-state index contributed by atoms with van der Waals surface area (Å²) in [6.45, 7) is 2.42. The minimum atomic E-state index is -0.147. The second-order valence-electron chi connectivity index (χ2n) is 7.27. The quantitative estimate of drug-likeness (QED) is 0.212. The van der Waals surface area contributed by atoms with E-state index in [4.69, 9.17) is 0 Å². The van der Waals surface area contributed by atoms with Crippen LogP contribution in [0.5, 0.6) is 0 Å². The molecule has 0 aromatic heterocycles. The second-order valence-corrected chi connectivity index (χ2v) is 7.27. The van der Waals surface area contributed by atoms with Gasteiger partial charge in [-0.1, -0.05) is 64.7 Å². The Labute approximate surface area is 154 Å². The van der Waals surface area contributed by atoms with Crippen molar-refractivity contribution < 1.29 is 19.4 Å². The summed E-state index contributed by atoms with van der Waals surface area (Å²) in [6.07, 6.45) is 15.8. The molecule has 0 aliphatic carbocycles. The monoisotopic (exact) mass is 356 g/mol. The summed E-state index contributed by atoms with van der Waals surface area (Å²) in [4.78, 5) is 22.3. The van der Waals surface area contributed by atoms with Crippen LogP contribution in [0.25, 0.3) is 0 Å². The molecule has 4 nitrogen and oxygen atoms in total. The Morgan fingerprint density at radius 3 is 2.16 bits per heavy atom. The standard InChI is InChI=1S/C21H40O4/c1-3-4-5-6-7-10-13-19(17-22)16-20(18-23)14-11-8-9-12-15-21(24)25-2/h18-20,22H,3-17H2,1-2H3. The first kappa shape index (κ1) is 24.1. The molecule has 0 bridgehead atoms. The molecule has 4 heteroatoms. The van der Waals surface area contributed by atoms with E-state index in [1.54, 1.807) is 0 Å². The fourth-order valence-corrected chi connectivity index (χ4v) is 3.30. The highest BCUT2D eigenvalue weighted by atomic mass is 16.5. The number of aliphatic hydroxyl groups is 1. The Hall–Kier alpha value is -0.900. The molecule has 1 N–H and O–H groups in total. The first-order valence-corrected chi connectivity index (χ1v) is 10.3. The van der Waals surface area contributed by atoms with Crippen LogP contribution in [0.1, 0.15) is 96.8 Å². The van der Waals surface area contributed by atoms with Crippen molar-refractivity contribution in [1.29, 1.82) is 0 Å². The van der Waals surface area contributed by atoms with Gasteiger partial charge in [0.05, 0.1) is 7.11 Å². The highest BCUT2D eigenvalue weighted by Gasteiger charge is 2.15. The number of hydrogen-bond acceptors (Lipinski definition) is 4. The number of methoxy groups -OCH3 is 1. The normalized spacial score (nSPS) is 13.4. The number of aliphatic hydroxyl groups excluding tert-OH is 1. The number of carbonyl (C=O) groups is 2. The number of carbonyl (C=O) groups excluding carboxylic acids is 2. The minimum Gasteiger partial charge on any atom is -0.469 e. The molecule has 0 fully saturated rings. The fraction of sp³-hybridized carbons (Fsp3) is 0.905. The van der Waals surface area contributed by atoms with Crippen LogP contribution in [0.15, 0.2) is 0 Å². The van der Waals surface area contributed by atoms with E-state index < -0.39 is 0 Å². The highest BCUT2D eigenvalue weighted by Crippen LogP contribution is 2.22. The Bertz CT molecular complexity index is 317. The molecule has 2 atom stereocenters. The van der Waals surface area contributed by atoms with Crippen molar-refractivity contribution in [1.82, 2.24) is 0 Å². The summed E-state index contributed by atoms with van der Waals surface area (Å²) in [7, 11) is 1.42. The molecular formula is C21H40O4. The van der Waals surface area contributed by atoms with E-state index in [2.05, 4.69) is 11.7 Å². The minimum absolute atomic E-state index is 0.0675. The van der Waals surface area contributed by atoms with E-state index in [-0.39, 0.29) is 24.4 Å². The van der Waals surface area contributed by atoms with E-state index in [1.807, 2.05) is 0 Å². The van der Waals surface area contributed by atoms with Gasteiger partial charge in [0, 0.05) is 18.9 Å². The van der Waals surface area contributed by atoms with Crippen molar-refractivity contribution in [2.24, 2.45) is 11.8 Å². The van der Waals surface area contributed by atoms with E-state index >= 15 is 0 Å². The number of rotatable bonds is 18. The number of unbranched alkanes of at least 4 members (excludes halogenated alkanes) is 8. The van der Waals surface area contributed by atoms with Crippen molar-refractivity contribution in [3.05, 3.63) is 0 Å². The molecule has 0 rings (SSSR count). The van der Waals surface area contributed by atoms with E-state index in [1.165, 1.54) is 39.2 Å². The molecule has 0 aliphatic rings. The molecule has 0 saturated carbocycles. The third-order valence-electron chi connectivity index (χ3n) is 4.99. The first-order valence-electron chi connectivity index (χ1n) is 10.3. The highest BCUT2D eigenvalue weighted by molar-refractivity contribution is 5.68. The van der Waals surface area contributed by atoms with Gasteiger partial charge in [0.15, 0.2) is 0 Å². The third-order valence-corrected chi connectivity index (χ3v) is 4.99. The van der Waals surface area contributed by atoms with Crippen molar-refractivity contribution >= 4 is 12.3 Å². The molecule has 0 aromatic rings. The van der Waals surface area contributed by atoms with Crippen LogP contribution < -0.4 is 0 Å². The maximum atomic E-state index is 11.3. The van der Waals surface area contributed by atoms with Gasteiger partial charge in [-0.3, -0.25) is 4.79 Å². The first-order chi connectivity index (χ1) is 12.2. The summed E-state index contributed by atoms with van der Waals surface area (Å²) in [5.41, 5.74) is 0. The number of esters is 1. The van der Waals surface area contributed by atoms with Crippen molar-refractivity contribution in [3.8, 4) is 0 Å². The zero-order valence-electron chi connectivity index (χ0n) is 16.5. The average Bonchev–Trinajstić information content (AvgIpc) is 2.64. The van der Waals surface area contributed by atoms with Crippen LogP contribution in [0.4, 0.5) is 0 Å². The maximum absolute atomic E-state index is 11.3. The molecular weight excluding hydrogens is 316 g/mol. The van der Waals surface area contributed by atoms with Crippen LogP contribution in [0.2, 0.25) is 0 Å². The predicted molar refractivity (Wildman–Crippen MR) is 102 cm³/mol. The molecule has 0 aromatic carbocycles. The van der Waals surface area contributed by atoms with Gasteiger partial charge in [-0.25, -0.2) is 0 Å². The Morgan fingerprint density at radius 2 is 1.56 bits per heavy atom. The smallest absolute Gasteiger partial charge is 0.305 e. The van der Waals surface area contributed by atoms with Gasteiger partial charge in [-0.2, -0.15) is 0 Å². The lowest BCUT2D eigenvalue weighted by Crippen LogP contribution is -2.14. The van der Waals surface area contributed by atoms with Gasteiger partial charge in [0.1, 0.15) is 6.29 Å². The molecule has 148 valence electrons. The largest absolute Gasteiger partial charge is 0.469 e. The van der Waals surface area contributed by atoms with Crippen LogP contribution >= 0.6 is 0 Å². The van der Waals surface area contributed by atoms with Crippen molar-refractivity contribution in [2.75, 3.05) is 13.7 Å². The summed E-state index contributed by atoms with van der Waals surface area (Å²) in [5.74, 6) is 0.185. The van der Waals surface area contributed by atoms with Gasteiger partial charge in [0.2, 0.25) is 0 Å². The Morgan fingerprint density at radius 1 is 0.960 bits per heavy atom. The van der Waals surface area contributed by atoms with Crippen LogP contribution in [-0.4, -0.2) is 31.1 Å². The lowest BCUT2D eigenvalue weighted by atomic mass is 9.88. The van der Waals surface area contributed by atoms with Gasteiger partial charge >= 0.3 is 5.97 Å². The number of hydrogen-bond donors (Lipinski definition) is 1. The fourth-order valence-electron chi connectivity index (χ4n) is 3.30. The Kier molecular flexibility index (Phi) is 17.3. The third kappa shape index (κ3) is 15.1. The number of ether oxygens (including phenoxy) is 1. The zero-order valence-corrected chi connectivity index (χ0v) is 16.5. The van der Waals surface area contributed by atoms with Crippen LogP contribution in [0.3, 0.4) is 0 Å². The molecule has 0 radical (unpaired) electrons. The Balaban J connectivity index is 3.76. The van der Waals surface area contributed by atoms with Crippen molar-refractivity contribution in [2.45, 2.75) is 96.8 Å². The van der Waals surface area contributed by atoms with Crippen molar-refractivity contribution in [3.63, 3.8) is 0 Å². The SMILES string of the molecule is CCCCCCCCC(CO)CC(C=O)CCCCCCC(=O)OC. The maximum Gasteiger partial charge on any atom is 0.305 e. The zero-order chi connectivity index (χ0) is 18.8. The molecule has 0 aliphatic heterocycles. The number of aldehydes is 1. The summed E-state index contributed by atoms with van der Waals surface area (Å²) >= 11 is 0. The van der Waals surface area contributed by atoms with E-state index in [0.717, 1.165) is 57.7 Å². The molecule has 2 unspecified atom stereocenters. The molecule has 0 heterocycles. The molecule has 0 amide bonds. The van der Waals surface area contributed by atoms with Crippen LogP contribution in [-0.2, 0) is 14.3 Å². The topological polar surface area (TPSA) is 63.6 Å². The molecule has 0 spiro atoms. The van der Waals surface area contributed by atoms with Gasteiger partial charge in [0.25, 0.3) is 0 Å². The predicted octanol–water partition coefficient (Wildman–Crippen LogP) is 5.06. The summed E-state index contributed by atoms with van der Waals surface area (Å²) in [6, 6.07) is 0. The molecule has 25 heavy (non-hydrogen) atoms. The van der Waals surface area contributed by atoms with Gasteiger partial charge < -0.3 is 14.6 Å². The lowest BCUT2D eigenvalue weighted by Gasteiger charge is -2.18. The summed E-state index contributed by atoms with van der Waals surface area (Å²) in [5, 5.41) is 9.57. The lowest BCUT2D eigenvalue weighted by molar-refractivity contribution is -0.140. The average molecular weight is 357 g/mol. The second kappa shape index (κ2) is 17.9. The van der Waals surface area contributed by atoms with Gasteiger partial charge in [-0.15, -0.1) is 0 Å². The molecule has 0 saturated heterocycles. The van der Waals surface area contributed by atoms with Crippen LogP contribution in [0, 0.1) is 11.8 Å². The van der Waals surface area contributed by atoms with E-state index in [0.29, 0.717) is 6.42 Å².